The summed E-state index contributed by atoms with van der Waals surface area (Å²) in [5.74, 6) is 1.51. The van der Waals surface area contributed by atoms with Crippen molar-refractivity contribution in [2.45, 2.75) is 6.61 Å². The molecule has 1 aromatic carbocycles. The van der Waals surface area contributed by atoms with Crippen LogP contribution >= 0.6 is 11.3 Å². The summed E-state index contributed by atoms with van der Waals surface area (Å²) in [7, 11) is 1.62. The summed E-state index contributed by atoms with van der Waals surface area (Å²) in [5.41, 5.74) is 3.66. The van der Waals surface area contributed by atoms with E-state index in [9.17, 15) is 0 Å². The summed E-state index contributed by atoms with van der Waals surface area (Å²) in [6.45, 7) is 0.468. The summed E-state index contributed by atoms with van der Waals surface area (Å²) in [5, 5.41) is 9.05. The molecular formula is C12H11MnN3O3S+2. The van der Waals surface area contributed by atoms with Gasteiger partial charge in [0.1, 0.15) is 24.4 Å². The Labute approximate surface area is 129 Å². The maximum Gasteiger partial charge on any atom is 2.00 e. The van der Waals surface area contributed by atoms with Crippen molar-refractivity contribution < 1.29 is 31.7 Å². The SMILES string of the molecule is COc1ccc2c(c1)OCc1sc(/N=C\NO)nc1-2.[Mn+2]. The van der Waals surface area contributed by atoms with Gasteiger partial charge in [-0.15, -0.1) is 0 Å². The first kappa shape index (κ1) is 14.8. The van der Waals surface area contributed by atoms with E-state index in [4.69, 9.17) is 14.7 Å². The van der Waals surface area contributed by atoms with Crippen LogP contribution in [0.3, 0.4) is 0 Å². The Morgan fingerprint density at radius 3 is 3.15 bits per heavy atom. The van der Waals surface area contributed by atoms with Gasteiger partial charge in [0.05, 0.1) is 17.7 Å². The Balaban J connectivity index is 0.00000147. The number of nitrogens with one attached hydrogen (secondary N) is 1. The molecule has 6 nitrogen and oxygen atoms in total. The van der Waals surface area contributed by atoms with Gasteiger partial charge in [-0.1, -0.05) is 11.3 Å². The van der Waals surface area contributed by atoms with Gasteiger partial charge in [0.2, 0.25) is 5.13 Å². The van der Waals surface area contributed by atoms with E-state index >= 15 is 0 Å². The Morgan fingerprint density at radius 2 is 2.40 bits per heavy atom. The van der Waals surface area contributed by atoms with Crippen LogP contribution in [0.4, 0.5) is 5.13 Å². The zero-order chi connectivity index (χ0) is 13.2. The van der Waals surface area contributed by atoms with Crippen LogP contribution < -0.4 is 15.0 Å². The molecule has 0 aliphatic carbocycles. The van der Waals surface area contributed by atoms with Crippen LogP contribution in [0.5, 0.6) is 11.5 Å². The quantitative estimate of drug-likeness (QED) is 0.391. The number of aromatic nitrogens is 1. The van der Waals surface area contributed by atoms with Crippen LogP contribution in [-0.2, 0) is 23.7 Å². The fraction of sp³-hybridized carbons (Fsp3) is 0.167. The van der Waals surface area contributed by atoms with Gasteiger partial charge in [-0.25, -0.2) is 9.98 Å². The summed E-state index contributed by atoms with van der Waals surface area (Å²) in [6, 6.07) is 5.63. The zero-order valence-electron chi connectivity index (χ0n) is 10.5. The normalized spacial score (nSPS) is 12.1. The van der Waals surface area contributed by atoms with Crippen molar-refractivity contribution >= 4 is 22.8 Å². The largest absolute Gasteiger partial charge is 2.00 e. The van der Waals surface area contributed by atoms with Crippen LogP contribution in [0.1, 0.15) is 4.88 Å². The van der Waals surface area contributed by atoms with Crippen LogP contribution in [0, 0.1) is 0 Å². The first-order chi connectivity index (χ1) is 9.31. The smallest absolute Gasteiger partial charge is 0.497 e. The number of nitrogens with zero attached hydrogens (tertiary/aromatic N) is 2. The minimum Gasteiger partial charge on any atom is -0.497 e. The van der Waals surface area contributed by atoms with Crippen molar-refractivity contribution in [2.75, 3.05) is 7.11 Å². The first-order valence-corrected chi connectivity index (χ1v) is 6.36. The second-order valence-electron chi connectivity index (χ2n) is 3.81. The van der Waals surface area contributed by atoms with E-state index < -0.39 is 0 Å². The Hall–Kier alpha value is -1.60. The molecule has 1 radical (unpaired) electrons. The average Bonchev–Trinajstić information content (AvgIpc) is 2.87. The topological polar surface area (TPSA) is 76.0 Å². The van der Waals surface area contributed by atoms with Crippen molar-refractivity contribution in [3.05, 3.63) is 23.1 Å². The molecule has 20 heavy (non-hydrogen) atoms. The van der Waals surface area contributed by atoms with E-state index in [1.165, 1.54) is 17.7 Å². The van der Waals surface area contributed by atoms with Gasteiger partial charge in [0, 0.05) is 11.6 Å². The zero-order valence-corrected chi connectivity index (χ0v) is 12.5. The summed E-state index contributed by atoms with van der Waals surface area (Å²) < 4.78 is 10.9. The number of benzene rings is 1. The van der Waals surface area contributed by atoms with Crippen molar-refractivity contribution in [1.29, 1.82) is 0 Å². The standard InChI is InChI=1S/C12H11N3O3S.Mn/c1-17-7-2-3-8-9(4-7)18-5-10-11(8)15-12(19-10)13-6-14-16;/h2-4,6,16H,5H2,1H3,(H,13,14,15);/q;+2. The van der Waals surface area contributed by atoms with Gasteiger partial charge in [-0.2, -0.15) is 0 Å². The molecule has 0 saturated heterocycles. The fourth-order valence-electron chi connectivity index (χ4n) is 1.87. The van der Waals surface area contributed by atoms with Crippen molar-refractivity contribution in [1.82, 2.24) is 10.5 Å². The molecule has 0 atom stereocenters. The predicted octanol–water partition coefficient (Wildman–Crippen LogP) is 2.35. The monoisotopic (exact) mass is 332 g/mol. The van der Waals surface area contributed by atoms with Gasteiger partial charge in [0.15, 0.2) is 0 Å². The number of fused-ring (bicyclic) bond motifs is 3. The molecule has 1 aliphatic rings. The van der Waals surface area contributed by atoms with Crippen LogP contribution in [0.25, 0.3) is 11.3 Å². The Kier molecular flexibility index (Phi) is 4.61. The summed E-state index contributed by atoms with van der Waals surface area (Å²) in [6.07, 6.45) is 1.18. The molecule has 0 saturated carbocycles. The minimum absolute atomic E-state index is 0. The molecule has 0 bridgehead atoms. The van der Waals surface area contributed by atoms with E-state index in [0.29, 0.717) is 11.7 Å². The van der Waals surface area contributed by atoms with Crippen molar-refractivity contribution in [3.63, 3.8) is 0 Å². The number of hydrogen-bond donors (Lipinski definition) is 2. The molecular weight excluding hydrogens is 321 g/mol. The Morgan fingerprint density at radius 1 is 1.55 bits per heavy atom. The van der Waals surface area contributed by atoms with Crippen LogP contribution in [0.2, 0.25) is 0 Å². The summed E-state index contributed by atoms with van der Waals surface area (Å²) >= 11 is 1.43. The number of ether oxygens (including phenoxy) is 2. The van der Waals surface area contributed by atoms with E-state index in [2.05, 4.69) is 9.98 Å². The molecule has 0 fully saturated rings. The third kappa shape index (κ3) is 2.64. The molecule has 0 amide bonds. The second-order valence-corrected chi connectivity index (χ2v) is 4.87. The molecule has 2 N–H and O–H groups in total. The van der Waals surface area contributed by atoms with Crippen molar-refractivity contribution in [2.24, 2.45) is 4.99 Å². The van der Waals surface area contributed by atoms with Crippen LogP contribution in [0.15, 0.2) is 23.2 Å². The molecule has 103 valence electrons. The van der Waals surface area contributed by atoms with Crippen LogP contribution in [-0.4, -0.2) is 23.6 Å². The molecule has 3 rings (SSSR count). The molecule has 0 unspecified atom stereocenters. The molecule has 0 spiro atoms. The van der Waals surface area contributed by atoms with E-state index in [-0.39, 0.29) is 17.1 Å². The average molecular weight is 332 g/mol. The Bertz CT molecular complexity index is 645. The number of hydroxylamine groups is 1. The van der Waals surface area contributed by atoms with E-state index in [1.54, 1.807) is 7.11 Å². The van der Waals surface area contributed by atoms with Gasteiger partial charge in [-0.3, -0.25) is 10.7 Å². The second kappa shape index (κ2) is 6.23. The number of thiazole rings is 1. The summed E-state index contributed by atoms with van der Waals surface area (Å²) in [4.78, 5) is 9.43. The molecule has 2 aromatic rings. The maximum absolute atomic E-state index is 8.48. The van der Waals surface area contributed by atoms with Crippen molar-refractivity contribution in [3.8, 4) is 22.8 Å². The fourth-order valence-corrected chi connectivity index (χ4v) is 2.71. The molecule has 1 aromatic heterocycles. The van der Waals surface area contributed by atoms with E-state index in [0.717, 1.165) is 27.6 Å². The van der Waals surface area contributed by atoms with E-state index in [1.807, 2.05) is 23.7 Å². The molecule has 8 heteroatoms. The number of hydrogen-bond acceptors (Lipinski definition) is 6. The number of rotatable bonds is 3. The molecule has 1 aliphatic heterocycles. The minimum atomic E-state index is 0. The first-order valence-electron chi connectivity index (χ1n) is 5.55. The number of methoxy groups -OCH3 is 1. The molecule has 2 heterocycles. The predicted molar refractivity (Wildman–Crippen MR) is 71.5 cm³/mol. The third-order valence-electron chi connectivity index (χ3n) is 2.72. The number of aliphatic imine (C=N–C) groups is 1. The third-order valence-corrected chi connectivity index (χ3v) is 3.66. The van der Waals surface area contributed by atoms with Gasteiger partial charge >= 0.3 is 17.1 Å². The van der Waals surface area contributed by atoms with Gasteiger partial charge < -0.3 is 9.47 Å². The maximum atomic E-state index is 8.48. The van der Waals surface area contributed by atoms with Gasteiger partial charge in [0.25, 0.3) is 0 Å². The van der Waals surface area contributed by atoms with Gasteiger partial charge in [-0.05, 0) is 12.1 Å².